The van der Waals surface area contributed by atoms with Gasteiger partial charge in [0.15, 0.2) is 0 Å². The second-order valence-corrected chi connectivity index (χ2v) is 2.90. The third kappa shape index (κ3) is 1.18. The summed E-state index contributed by atoms with van der Waals surface area (Å²) in [6.07, 6.45) is 1.11. The molecule has 9 heteroatoms. The molecule has 2 aromatic rings. The van der Waals surface area contributed by atoms with Crippen LogP contribution in [0.25, 0.3) is 5.65 Å². The highest BCUT2D eigenvalue weighted by Gasteiger charge is 2.18. The molecular formula is C6H7N5O4. The Hall–Kier alpha value is -1.97. The van der Waals surface area contributed by atoms with Gasteiger partial charge in [0, 0.05) is 7.05 Å². The molecule has 1 atom stereocenters. The molecule has 0 spiro atoms. The Bertz CT molecular complexity index is 620. The number of hydrogen-bond donors (Lipinski definition) is 3. The third-order valence-electron chi connectivity index (χ3n) is 2.05. The van der Waals surface area contributed by atoms with Gasteiger partial charge in [-0.1, -0.05) is 0 Å². The van der Waals surface area contributed by atoms with Crippen LogP contribution in [0, 0.1) is 5.21 Å². The Kier molecular flexibility index (Phi) is 1.93. The number of aromatic amines is 1. The number of quaternary nitrogens is 1. The molecule has 2 aromatic heterocycles. The van der Waals surface area contributed by atoms with Crippen LogP contribution >= 0.6 is 0 Å². The van der Waals surface area contributed by atoms with Crippen LogP contribution in [0.3, 0.4) is 0 Å². The fraction of sp³-hybridized carbons (Fsp3) is 0.167. The van der Waals surface area contributed by atoms with Gasteiger partial charge in [0.1, 0.15) is 6.33 Å². The zero-order valence-corrected chi connectivity index (χ0v) is 7.59. The summed E-state index contributed by atoms with van der Waals surface area (Å²) in [6.45, 7) is 0. The molecule has 0 amide bonds. The van der Waals surface area contributed by atoms with Gasteiger partial charge in [-0.15, -0.1) is 0 Å². The van der Waals surface area contributed by atoms with Crippen molar-refractivity contribution < 1.29 is 10.4 Å². The number of fused-ring (bicyclic) bond motifs is 1. The maximum absolute atomic E-state index is 11.5. The van der Waals surface area contributed by atoms with Gasteiger partial charge in [0.25, 0.3) is 5.69 Å². The van der Waals surface area contributed by atoms with Crippen molar-refractivity contribution >= 4 is 11.3 Å². The molecule has 1 unspecified atom stereocenters. The van der Waals surface area contributed by atoms with Crippen LogP contribution in [0.5, 0.6) is 0 Å². The second kappa shape index (κ2) is 3.02. The van der Waals surface area contributed by atoms with Crippen molar-refractivity contribution in [3.8, 4) is 0 Å². The molecule has 0 fully saturated rings. The molecule has 2 rings (SSSR count). The van der Waals surface area contributed by atoms with Crippen molar-refractivity contribution in [2.75, 3.05) is 0 Å². The number of nitrogens with one attached hydrogen (secondary N) is 2. The van der Waals surface area contributed by atoms with E-state index in [1.54, 1.807) is 0 Å². The summed E-state index contributed by atoms with van der Waals surface area (Å²) in [7, 11) is 1.20. The van der Waals surface area contributed by atoms with Crippen molar-refractivity contribution in [3.63, 3.8) is 0 Å². The Labute approximate surface area is 81.3 Å². The summed E-state index contributed by atoms with van der Waals surface area (Å²) in [5.41, 5.74) is -2.13. The average Bonchev–Trinajstić information content (AvgIpc) is 2.62. The lowest BCUT2D eigenvalue weighted by molar-refractivity contribution is -0.991. The Morgan fingerprint density at radius 3 is 2.87 bits per heavy atom. The minimum absolute atomic E-state index is 0.115. The van der Waals surface area contributed by atoms with E-state index in [2.05, 4.69) is 10.2 Å². The van der Waals surface area contributed by atoms with E-state index < -0.39 is 22.2 Å². The predicted octanol–water partition coefficient (Wildman–Crippen LogP) is -2.88. The van der Waals surface area contributed by atoms with Crippen LogP contribution in [0.2, 0.25) is 0 Å². The number of aromatic nitrogens is 4. The van der Waals surface area contributed by atoms with Crippen LogP contribution < -0.4 is 16.5 Å². The SMILES string of the molecule is Cn1c(=O)c([NH+]([O-])O)c2[nH]ncn2c1=O. The topological polar surface area (TPSA) is 120 Å². The summed E-state index contributed by atoms with van der Waals surface area (Å²) in [5, 5.41) is 24.0. The molecule has 0 saturated heterocycles. The molecule has 80 valence electrons. The molecule has 0 aromatic carbocycles. The average molecular weight is 213 g/mol. The lowest BCUT2D eigenvalue weighted by Crippen LogP contribution is -3.00. The first-order valence-electron chi connectivity index (χ1n) is 3.92. The van der Waals surface area contributed by atoms with Gasteiger partial charge in [-0.25, -0.2) is 14.4 Å². The Morgan fingerprint density at radius 1 is 1.60 bits per heavy atom. The summed E-state index contributed by atoms with van der Waals surface area (Å²) in [6, 6.07) is 0. The van der Waals surface area contributed by atoms with E-state index in [1.807, 2.05) is 0 Å². The molecule has 0 aliphatic rings. The van der Waals surface area contributed by atoms with Crippen LogP contribution in [-0.2, 0) is 7.05 Å². The molecular weight excluding hydrogens is 206 g/mol. The largest absolute Gasteiger partial charge is 0.595 e. The molecule has 9 nitrogen and oxygen atoms in total. The molecule has 2 heterocycles. The standard InChI is InChI=1S/C6H7N5O4/c1-9-5(12)3(11(14)15)4-8-7-2-10(4)6(9)13/h2,8,11,14H,1H3. The Balaban J connectivity index is 3.08. The minimum Gasteiger partial charge on any atom is -0.595 e. The fourth-order valence-corrected chi connectivity index (χ4v) is 1.29. The highest BCUT2D eigenvalue weighted by molar-refractivity contribution is 5.56. The smallest absolute Gasteiger partial charge is 0.338 e. The van der Waals surface area contributed by atoms with Gasteiger partial charge < -0.3 is 5.21 Å². The first-order valence-corrected chi connectivity index (χ1v) is 3.92. The quantitative estimate of drug-likeness (QED) is 0.439. The fourth-order valence-electron chi connectivity index (χ4n) is 1.29. The maximum atomic E-state index is 11.5. The minimum atomic E-state index is -1.41. The maximum Gasteiger partial charge on any atom is 0.338 e. The lowest BCUT2D eigenvalue weighted by Gasteiger charge is -2.11. The first-order chi connectivity index (χ1) is 7.04. The monoisotopic (exact) mass is 213 g/mol. The highest BCUT2D eigenvalue weighted by atomic mass is 16.8. The Morgan fingerprint density at radius 2 is 2.27 bits per heavy atom. The van der Waals surface area contributed by atoms with Crippen LogP contribution in [0.4, 0.5) is 5.69 Å². The zero-order chi connectivity index (χ0) is 11.2. The normalized spacial score (nSPS) is 13.3. The van der Waals surface area contributed by atoms with E-state index in [1.165, 1.54) is 7.05 Å². The molecule has 15 heavy (non-hydrogen) atoms. The van der Waals surface area contributed by atoms with E-state index in [4.69, 9.17) is 5.21 Å². The summed E-state index contributed by atoms with van der Waals surface area (Å²) in [5.74, 6) is 0. The van der Waals surface area contributed by atoms with Gasteiger partial charge in [-0.05, 0) is 0 Å². The van der Waals surface area contributed by atoms with E-state index >= 15 is 0 Å². The van der Waals surface area contributed by atoms with Crippen LogP contribution in [0.15, 0.2) is 15.9 Å². The van der Waals surface area contributed by atoms with Crippen molar-refractivity contribution in [2.24, 2.45) is 7.05 Å². The van der Waals surface area contributed by atoms with Crippen LogP contribution in [0.1, 0.15) is 0 Å². The molecule has 0 aliphatic heterocycles. The van der Waals surface area contributed by atoms with Crippen molar-refractivity contribution in [3.05, 3.63) is 32.4 Å². The molecule has 0 radical (unpaired) electrons. The summed E-state index contributed by atoms with van der Waals surface area (Å²) in [4.78, 5) is 22.9. The van der Waals surface area contributed by atoms with Gasteiger partial charge in [-0.3, -0.25) is 14.5 Å². The van der Waals surface area contributed by atoms with Gasteiger partial charge in [-0.2, -0.15) is 10.3 Å². The number of rotatable bonds is 1. The third-order valence-corrected chi connectivity index (χ3v) is 2.05. The van der Waals surface area contributed by atoms with Gasteiger partial charge in [0.2, 0.25) is 5.65 Å². The number of hydrogen-bond acceptors (Lipinski definition) is 5. The van der Waals surface area contributed by atoms with Gasteiger partial charge in [0.05, 0.1) is 0 Å². The number of H-pyrrole nitrogens is 1. The summed E-state index contributed by atoms with van der Waals surface area (Å²) >= 11 is 0. The van der Waals surface area contributed by atoms with E-state index in [0.717, 1.165) is 10.7 Å². The molecule has 0 saturated carbocycles. The molecule has 0 bridgehead atoms. The molecule has 0 aliphatic carbocycles. The lowest BCUT2D eigenvalue weighted by atomic mass is 10.5. The van der Waals surface area contributed by atoms with E-state index in [-0.39, 0.29) is 5.65 Å². The highest BCUT2D eigenvalue weighted by Crippen LogP contribution is 1.98. The van der Waals surface area contributed by atoms with Gasteiger partial charge >= 0.3 is 11.2 Å². The van der Waals surface area contributed by atoms with Crippen LogP contribution in [-0.4, -0.2) is 24.4 Å². The van der Waals surface area contributed by atoms with E-state index in [9.17, 15) is 14.8 Å². The second-order valence-electron chi connectivity index (χ2n) is 2.90. The van der Waals surface area contributed by atoms with Crippen molar-refractivity contribution in [2.45, 2.75) is 0 Å². The predicted molar refractivity (Wildman–Crippen MR) is 46.8 cm³/mol. The van der Waals surface area contributed by atoms with Crippen molar-refractivity contribution in [1.29, 1.82) is 0 Å². The zero-order valence-electron chi connectivity index (χ0n) is 7.59. The molecule has 3 N–H and O–H groups in total. The number of nitrogens with zero attached hydrogens (tertiary/aromatic N) is 3. The first kappa shape index (κ1) is 9.58. The van der Waals surface area contributed by atoms with E-state index in [0.29, 0.717) is 4.57 Å². The van der Waals surface area contributed by atoms with Crippen molar-refractivity contribution in [1.82, 2.24) is 19.2 Å². The summed E-state index contributed by atoms with van der Waals surface area (Å²) < 4.78 is 1.68.